The number of rotatable bonds is 5. The molecule has 7 heteroatoms. The molecule has 3 rings (SSSR count). The first-order valence-corrected chi connectivity index (χ1v) is 9.11. The molecule has 6 nitrogen and oxygen atoms in total. The number of nitrogens with zero attached hydrogens (tertiary/aromatic N) is 3. The Morgan fingerprint density at radius 1 is 1.31 bits per heavy atom. The van der Waals surface area contributed by atoms with Crippen LogP contribution >= 0.6 is 11.6 Å². The summed E-state index contributed by atoms with van der Waals surface area (Å²) in [5.41, 5.74) is 9.19. The van der Waals surface area contributed by atoms with Gasteiger partial charge >= 0.3 is 6.03 Å². The average molecular weight is 374 g/mol. The molecule has 2 heterocycles. The van der Waals surface area contributed by atoms with Crippen LogP contribution in [0.3, 0.4) is 0 Å². The maximum Gasteiger partial charge on any atom is 0.319 e. The fourth-order valence-electron chi connectivity index (χ4n) is 3.06. The van der Waals surface area contributed by atoms with Gasteiger partial charge < -0.3 is 11.1 Å². The van der Waals surface area contributed by atoms with Crippen LogP contribution in [0.25, 0.3) is 0 Å². The summed E-state index contributed by atoms with van der Waals surface area (Å²) in [7, 11) is 0. The highest BCUT2D eigenvalue weighted by Crippen LogP contribution is 2.23. The predicted octanol–water partition coefficient (Wildman–Crippen LogP) is 2.53. The van der Waals surface area contributed by atoms with Crippen LogP contribution < -0.4 is 16.0 Å². The molecule has 1 aliphatic heterocycles. The van der Waals surface area contributed by atoms with Gasteiger partial charge in [0.2, 0.25) is 0 Å². The normalized spacial score (nSPS) is 15.0. The van der Waals surface area contributed by atoms with Crippen LogP contribution in [0, 0.1) is 6.92 Å². The number of urea groups is 1. The van der Waals surface area contributed by atoms with Crippen molar-refractivity contribution in [3.05, 3.63) is 58.4 Å². The smallest absolute Gasteiger partial charge is 0.319 e. The van der Waals surface area contributed by atoms with Gasteiger partial charge in [0.1, 0.15) is 0 Å². The number of anilines is 1. The zero-order valence-corrected chi connectivity index (χ0v) is 15.7. The lowest BCUT2D eigenvalue weighted by atomic mass is 10.1. The van der Waals surface area contributed by atoms with Crippen LogP contribution in [0.5, 0.6) is 0 Å². The Hall–Kier alpha value is -2.15. The summed E-state index contributed by atoms with van der Waals surface area (Å²) in [5.74, 6) is 0. The Morgan fingerprint density at radius 3 is 2.73 bits per heavy atom. The van der Waals surface area contributed by atoms with E-state index >= 15 is 0 Å². The Kier molecular flexibility index (Phi) is 6.08. The van der Waals surface area contributed by atoms with Crippen molar-refractivity contribution < 1.29 is 4.79 Å². The monoisotopic (exact) mass is 373 g/mol. The molecule has 0 aliphatic carbocycles. The minimum Gasteiger partial charge on any atom is -0.351 e. The van der Waals surface area contributed by atoms with Gasteiger partial charge in [0.25, 0.3) is 0 Å². The van der Waals surface area contributed by atoms with Crippen molar-refractivity contribution in [1.29, 1.82) is 0 Å². The number of nitrogens with one attached hydrogen (secondary N) is 1. The topological polar surface area (TPSA) is 74.5 Å². The second-order valence-corrected chi connectivity index (χ2v) is 6.94. The van der Waals surface area contributed by atoms with E-state index in [0.29, 0.717) is 17.3 Å². The highest BCUT2D eigenvalue weighted by Gasteiger charge is 2.16. The van der Waals surface area contributed by atoms with E-state index in [1.165, 1.54) is 10.5 Å². The summed E-state index contributed by atoms with van der Waals surface area (Å²) < 4.78 is 0. The van der Waals surface area contributed by atoms with E-state index in [-0.39, 0.29) is 0 Å². The number of carbonyl (C=O) groups is 1. The molecule has 1 fully saturated rings. The first-order valence-electron chi connectivity index (χ1n) is 8.73. The van der Waals surface area contributed by atoms with Crippen LogP contribution in [0.1, 0.15) is 16.8 Å². The van der Waals surface area contributed by atoms with Gasteiger partial charge in [0, 0.05) is 43.4 Å². The summed E-state index contributed by atoms with van der Waals surface area (Å²) in [5, 5.41) is 3.98. The third kappa shape index (κ3) is 4.72. The molecular formula is C19H24ClN5O. The Balaban J connectivity index is 1.78. The highest BCUT2D eigenvalue weighted by atomic mass is 35.5. The SMILES string of the molecule is Cc1ccc(N(Cc2cc(CN3CCNCC3)ccc2Cl)C(N)=O)cn1. The number of amides is 2. The van der Waals surface area contributed by atoms with Crippen molar-refractivity contribution >= 4 is 23.3 Å². The fourth-order valence-corrected chi connectivity index (χ4v) is 3.24. The highest BCUT2D eigenvalue weighted by molar-refractivity contribution is 6.31. The predicted molar refractivity (Wildman–Crippen MR) is 104 cm³/mol. The van der Waals surface area contributed by atoms with Gasteiger partial charge in [-0.1, -0.05) is 23.7 Å². The second kappa shape index (κ2) is 8.49. The lowest BCUT2D eigenvalue weighted by molar-refractivity contribution is 0.233. The first kappa shape index (κ1) is 18.6. The molecule has 1 aromatic heterocycles. The molecule has 26 heavy (non-hydrogen) atoms. The average Bonchev–Trinajstić information content (AvgIpc) is 2.63. The molecule has 2 aromatic rings. The summed E-state index contributed by atoms with van der Waals surface area (Å²) in [4.78, 5) is 20.1. The Labute approximate surface area is 158 Å². The lowest BCUT2D eigenvalue weighted by Gasteiger charge is -2.27. The van der Waals surface area contributed by atoms with Gasteiger partial charge in [-0.15, -0.1) is 0 Å². The number of nitrogens with two attached hydrogens (primary N) is 1. The minimum absolute atomic E-state index is 0.314. The third-order valence-corrected chi connectivity index (χ3v) is 4.90. The van der Waals surface area contributed by atoms with Gasteiger partial charge in [-0.05, 0) is 36.2 Å². The van der Waals surface area contributed by atoms with Gasteiger partial charge in [0.05, 0.1) is 18.4 Å². The summed E-state index contributed by atoms with van der Waals surface area (Å²) in [6.45, 7) is 7.16. The molecule has 1 saturated heterocycles. The number of hydrogen-bond donors (Lipinski definition) is 2. The van der Waals surface area contributed by atoms with Crippen molar-refractivity contribution in [2.75, 3.05) is 31.1 Å². The maximum atomic E-state index is 12.0. The molecule has 1 aromatic carbocycles. The quantitative estimate of drug-likeness (QED) is 0.844. The van der Waals surface area contributed by atoms with Gasteiger partial charge in [-0.2, -0.15) is 0 Å². The number of piperazine rings is 1. The number of halogens is 1. The summed E-state index contributed by atoms with van der Waals surface area (Å²) >= 11 is 6.38. The number of aryl methyl sites for hydroxylation is 1. The number of carbonyl (C=O) groups excluding carboxylic acids is 1. The van der Waals surface area contributed by atoms with Crippen molar-refractivity contribution in [2.45, 2.75) is 20.0 Å². The molecule has 1 aliphatic rings. The zero-order chi connectivity index (χ0) is 18.5. The van der Waals surface area contributed by atoms with Crippen LogP contribution in [0.15, 0.2) is 36.5 Å². The van der Waals surface area contributed by atoms with E-state index < -0.39 is 6.03 Å². The van der Waals surface area contributed by atoms with Crippen molar-refractivity contribution in [3.63, 3.8) is 0 Å². The van der Waals surface area contributed by atoms with Gasteiger partial charge in [0.15, 0.2) is 0 Å². The molecule has 0 saturated carbocycles. The minimum atomic E-state index is -0.528. The van der Waals surface area contributed by atoms with Crippen LogP contribution in [0.2, 0.25) is 5.02 Å². The Morgan fingerprint density at radius 2 is 2.08 bits per heavy atom. The van der Waals surface area contributed by atoms with E-state index in [1.54, 1.807) is 6.20 Å². The fraction of sp³-hybridized carbons (Fsp3) is 0.368. The summed E-state index contributed by atoms with van der Waals surface area (Å²) in [6.07, 6.45) is 1.65. The zero-order valence-electron chi connectivity index (χ0n) is 14.9. The Bertz CT molecular complexity index is 759. The van der Waals surface area contributed by atoms with E-state index in [4.69, 9.17) is 17.3 Å². The van der Waals surface area contributed by atoms with Crippen LogP contribution in [0.4, 0.5) is 10.5 Å². The molecular weight excluding hydrogens is 350 g/mol. The van der Waals surface area contributed by atoms with E-state index in [1.807, 2.05) is 31.2 Å². The van der Waals surface area contributed by atoms with E-state index in [9.17, 15) is 4.79 Å². The van der Waals surface area contributed by atoms with Gasteiger partial charge in [-0.25, -0.2) is 4.79 Å². The second-order valence-electron chi connectivity index (χ2n) is 6.53. The van der Waals surface area contributed by atoms with Crippen molar-refractivity contribution in [3.8, 4) is 0 Å². The number of benzene rings is 1. The molecule has 2 amide bonds. The molecule has 138 valence electrons. The molecule has 0 spiro atoms. The van der Waals surface area contributed by atoms with E-state index in [0.717, 1.165) is 44.0 Å². The largest absolute Gasteiger partial charge is 0.351 e. The maximum absolute atomic E-state index is 12.0. The van der Waals surface area contributed by atoms with Crippen LogP contribution in [-0.4, -0.2) is 42.1 Å². The molecule has 0 unspecified atom stereocenters. The number of pyridine rings is 1. The number of hydrogen-bond acceptors (Lipinski definition) is 4. The van der Waals surface area contributed by atoms with Gasteiger partial charge in [-0.3, -0.25) is 14.8 Å². The molecule has 0 atom stereocenters. The number of primary amides is 1. The molecule has 0 bridgehead atoms. The standard InChI is InChI=1S/C19H24ClN5O/c1-14-2-4-17(11-23-14)25(19(21)26)13-16-10-15(3-5-18(16)20)12-24-8-6-22-7-9-24/h2-5,10-11,22H,6-9,12-13H2,1H3,(H2,21,26). The van der Waals surface area contributed by atoms with Crippen molar-refractivity contribution in [2.24, 2.45) is 5.73 Å². The summed E-state index contributed by atoms with van der Waals surface area (Å²) in [6, 6.07) is 9.15. The number of aromatic nitrogens is 1. The van der Waals surface area contributed by atoms with Crippen LogP contribution in [-0.2, 0) is 13.1 Å². The van der Waals surface area contributed by atoms with E-state index in [2.05, 4.69) is 21.3 Å². The van der Waals surface area contributed by atoms with Crippen molar-refractivity contribution in [1.82, 2.24) is 15.2 Å². The lowest BCUT2D eigenvalue weighted by Crippen LogP contribution is -2.42. The molecule has 0 radical (unpaired) electrons. The third-order valence-electron chi connectivity index (χ3n) is 4.53. The first-order chi connectivity index (χ1) is 12.5. The molecule has 3 N–H and O–H groups in total.